The normalized spacial score (nSPS) is 11.8. The van der Waals surface area contributed by atoms with E-state index in [1.807, 2.05) is 0 Å². The highest BCUT2D eigenvalue weighted by Gasteiger charge is 2.10. The quantitative estimate of drug-likeness (QED) is 0.600. The molecule has 0 heteroatoms. The van der Waals surface area contributed by atoms with Gasteiger partial charge in [-0.25, -0.2) is 0 Å². The molecular formula is C14H23-. The van der Waals surface area contributed by atoms with Crippen LogP contribution in [0.2, 0.25) is 0 Å². The molecule has 1 aromatic carbocycles. The van der Waals surface area contributed by atoms with E-state index in [9.17, 15) is 0 Å². The molecule has 0 atom stereocenters. The van der Waals surface area contributed by atoms with E-state index in [0.717, 1.165) is 0 Å². The molecule has 0 amide bonds. The molecule has 0 saturated heterocycles. The van der Waals surface area contributed by atoms with Crippen molar-refractivity contribution in [1.29, 1.82) is 0 Å². The lowest BCUT2D eigenvalue weighted by Gasteiger charge is -2.22. The predicted octanol–water partition coefficient (Wildman–Crippen LogP) is 4.58. The Bertz CT molecular complexity index is 293. The number of rotatable bonds is 2. The topological polar surface area (TPSA) is 0 Å². The average molecular weight is 191 g/mol. The summed E-state index contributed by atoms with van der Waals surface area (Å²) in [5, 5.41) is 0. The summed E-state index contributed by atoms with van der Waals surface area (Å²) in [5.74, 6) is 1.31. The van der Waals surface area contributed by atoms with Gasteiger partial charge in [0.25, 0.3) is 0 Å². The van der Waals surface area contributed by atoms with Crippen LogP contribution in [0.25, 0.3) is 0 Å². The van der Waals surface area contributed by atoms with Crippen LogP contribution in [0.15, 0.2) is 0 Å². The Morgan fingerprint density at radius 3 is 1.71 bits per heavy atom. The zero-order valence-corrected chi connectivity index (χ0v) is 10.7. The third kappa shape index (κ3) is 1.63. The first kappa shape index (κ1) is 11.4. The minimum Gasteiger partial charge on any atom is -0.195 e. The lowest BCUT2D eigenvalue weighted by atomic mass is 9.91. The molecular weight excluding hydrogens is 168 g/mol. The molecule has 0 unspecified atom stereocenters. The smallest absolute Gasteiger partial charge is 0.0447 e. The maximum absolute atomic E-state index is 2.30. The first-order chi connectivity index (χ1) is 6.37. The summed E-state index contributed by atoms with van der Waals surface area (Å²) >= 11 is 0. The Labute approximate surface area is 88.7 Å². The van der Waals surface area contributed by atoms with Gasteiger partial charge in [-0.15, -0.1) is 0 Å². The van der Waals surface area contributed by atoms with E-state index in [4.69, 9.17) is 0 Å². The van der Waals surface area contributed by atoms with Crippen LogP contribution in [-0.4, -0.2) is 0 Å². The van der Waals surface area contributed by atoms with Crippen molar-refractivity contribution in [3.63, 3.8) is 0 Å². The molecule has 0 radical (unpaired) electrons. The zero-order valence-electron chi connectivity index (χ0n) is 10.7. The van der Waals surface area contributed by atoms with E-state index in [0.29, 0.717) is 11.8 Å². The van der Waals surface area contributed by atoms with Crippen LogP contribution in [0.4, 0.5) is 0 Å². The van der Waals surface area contributed by atoms with Gasteiger partial charge in [0.2, 0.25) is 0 Å². The van der Waals surface area contributed by atoms with Crippen LogP contribution in [-0.2, 0) is 0 Å². The van der Waals surface area contributed by atoms with Gasteiger partial charge in [0.1, 0.15) is 0 Å². The number of hydrogen-bond acceptors (Lipinski definition) is 0. The van der Waals surface area contributed by atoms with Crippen LogP contribution in [0.5, 0.6) is 0 Å². The monoisotopic (exact) mass is 191 g/mol. The molecule has 0 aliphatic carbocycles. The summed E-state index contributed by atoms with van der Waals surface area (Å²) in [7, 11) is 0. The van der Waals surface area contributed by atoms with E-state index >= 15 is 0 Å². The Morgan fingerprint density at radius 1 is 0.929 bits per heavy atom. The summed E-state index contributed by atoms with van der Waals surface area (Å²) in [6.07, 6.45) is 0. The molecule has 0 N–H and O–H groups in total. The van der Waals surface area contributed by atoms with Gasteiger partial charge in [-0.1, -0.05) is 54.4 Å². The molecule has 0 bridgehead atoms. The maximum atomic E-state index is 2.30. The van der Waals surface area contributed by atoms with E-state index in [2.05, 4.69) is 48.5 Å². The second-order valence-electron chi connectivity index (χ2n) is 5.01. The highest BCUT2D eigenvalue weighted by atomic mass is 14.2. The van der Waals surface area contributed by atoms with E-state index in [1.165, 1.54) is 16.7 Å². The van der Waals surface area contributed by atoms with Gasteiger partial charge in [0.05, 0.1) is 0 Å². The van der Waals surface area contributed by atoms with Crippen LogP contribution in [0.1, 0.15) is 67.3 Å². The van der Waals surface area contributed by atoms with Crippen LogP contribution < -0.4 is 0 Å². The van der Waals surface area contributed by atoms with Crippen molar-refractivity contribution in [2.75, 3.05) is 0 Å². The van der Waals surface area contributed by atoms with Crippen molar-refractivity contribution in [3.8, 4) is 0 Å². The molecule has 0 fully saturated rings. The maximum Gasteiger partial charge on any atom is -0.0447 e. The Hall–Kier alpha value is -0.650. The molecule has 0 aliphatic rings. The van der Waals surface area contributed by atoms with Crippen molar-refractivity contribution < 1.29 is 0 Å². The van der Waals surface area contributed by atoms with Gasteiger partial charge in [0.15, 0.2) is 0 Å². The fraction of sp³-hybridized carbons (Fsp3) is 0.643. The van der Waals surface area contributed by atoms with Crippen molar-refractivity contribution in [3.05, 3.63) is 27.8 Å². The predicted molar refractivity (Wildman–Crippen MR) is 64.4 cm³/mol. The fourth-order valence-electron chi connectivity index (χ4n) is 2.58. The molecule has 0 nitrogen and oxygen atoms in total. The molecule has 80 valence electrons. The Morgan fingerprint density at radius 2 is 1.43 bits per heavy atom. The summed E-state index contributed by atoms with van der Waals surface area (Å²) in [6.45, 7) is 16.0. The SMILES string of the molecule is Cc1c(C(C)C)c(C(C)C)[c-](C)c1C. The fourth-order valence-corrected chi connectivity index (χ4v) is 2.58. The summed E-state index contributed by atoms with van der Waals surface area (Å²) < 4.78 is 0. The van der Waals surface area contributed by atoms with Crippen LogP contribution >= 0.6 is 0 Å². The third-order valence-corrected chi connectivity index (χ3v) is 3.38. The minimum atomic E-state index is 0.653. The number of hydrogen-bond donors (Lipinski definition) is 0. The molecule has 0 heterocycles. The largest absolute Gasteiger partial charge is 0.195 e. The lowest BCUT2D eigenvalue weighted by Crippen LogP contribution is -1.97. The van der Waals surface area contributed by atoms with Gasteiger partial charge in [-0.2, -0.15) is 27.8 Å². The average Bonchev–Trinajstić information content (AvgIpc) is 2.29. The Balaban J connectivity index is 3.45. The van der Waals surface area contributed by atoms with Crippen molar-refractivity contribution in [2.24, 2.45) is 0 Å². The van der Waals surface area contributed by atoms with E-state index < -0.39 is 0 Å². The summed E-state index contributed by atoms with van der Waals surface area (Å²) in [6, 6.07) is 0. The van der Waals surface area contributed by atoms with Gasteiger partial charge in [-0.05, 0) is 5.92 Å². The van der Waals surface area contributed by atoms with Crippen molar-refractivity contribution in [1.82, 2.24) is 0 Å². The summed E-state index contributed by atoms with van der Waals surface area (Å²) in [4.78, 5) is 0. The van der Waals surface area contributed by atoms with E-state index in [-0.39, 0.29) is 0 Å². The molecule has 0 aliphatic heterocycles. The lowest BCUT2D eigenvalue weighted by molar-refractivity contribution is 0.789. The van der Waals surface area contributed by atoms with Gasteiger partial charge < -0.3 is 0 Å². The first-order valence-corrected chi connectivity index (χ1v) is 5.64. The summed E-state index contributed by atoms with van der Waals surface area (Å²) in [5.41, 5.74) is 7.71. The Kier molecular flexibility index (Phi) is 3.14. The van der Waals surface area contributed by atoms with Crippen LogP contribution in [0, 0.1) is 20.8 Å². The van der Waals surface area contributed by atoms with Crippen molar-refractivity contribution >= 4 is 0 Å². The third-order valence-electron chi connectivity index (χ3n) is 3.38. The van der Waals surface area contributed by atoms with Gasteiger partial charge >= 0.3 is 0 Å². The minimum absolute atomic E-state index is 0.653. The standard InChI is InChI=1S/C14H23/c1-8(2)13-11(6)10(5)12(7)14(13)9(3)4/h8-9H,1-7H3/q-1. The van der Waals surface area contributed by atoms with Gasteiger partial charge in [0, 0.05) is 0 Å². The van der Waals surface area contributed by atoms with Crippen molar-refractivity contribution in [2.45, 2.75) is 60.3 Å². The molecule has 1 aromatic rings. The second-order valence-corrected chi connectivity index (χ2v) is 5.01. The van der Waals surface area contributed by atoms with Gasteiger partial charge in [-0.3, -0.25) is 0 Å². The molecule has 1 rings (SSSR count). The molecule has 14 heavy (non-hydrogen) atoms. The van der Waals surface area contributed by atoms with E-state index in [1.54, 1.807) is 11.1 Å². The molecule has 0 spiro atoms. The second kappa shape index (κ2) is 3.84. The zero-order chi connectivity index (χ0) is 11.0. The first-order valence-electron chi connectivity index (χ1n) is 5.64. The molecule has 0 aromatic heterocycles. The highest BCUT2D eigenvalue weighted by molar-refractivity contribution is 5.52. The van der Waals surface area contributed by atoms with Crippen LogP contribution in [0.3, 0.4) is 0 Å². The highest BCUT2D eigenvalue weighted by Crippen LogP contribution is 2.36. The molecule has 0 saturated carbocycles.